The molecule has 0 heterocycles. The Kier molecular flexibility index (Phi) is 8.49. The van der Waals surface area contributed by atoms with Gasteiger partial charge in [-0.05, 0) is 0 Å². The fourth-order valence-electron chi connectivity index (χ4n) is 6.52. The monoisotopic (exact) mass is 610 g/mol. The van der Waals surface area contributed by atoms with E-state index in [2.05, 4.69) is 115 Å². The van der Waals surface area contributed by atoms with Gasteiger partial charge >= 0.3 is 223 Å². The molecule has 0 radical (unpaired) electrons. The van der Waals surface area contributed by atoms with E-state index in [0.717, 1.165) is 0 Å². The number of halogens is 2. The van der Waals surface area contributed by atoms with Crippen molar-refractivity contribution in [3.8, 4) is 33.4 Å². The summed E-state index contributed by atoms with van der Waals surface area (Å²) in [4.78, 5) is 0. The fraction of sp³-hybridized carbons (Fsp3) is 0.171. The van der Waals surface area contributed by atoms with Gasteiger partial charge in [-0.3, -0.25) is 0 Å². The van der Waals surface area contributed by atoms with Gasteiger partial charge in [0.2, 0.25) is 0 Å². The van der Waals surface area contributed by atoms with Crippen molar-refractivity contribution in [3.63, 3.8) is 0 Å². The molecule has 1 fully saturated rings. The summed E-state index contributed by atoms with van der Waals surface area (Å²) in [5, 5.41) is 0. The van der Waals surface area contributed by atoms with Crippen LogP contribution in [0.4, 0.5) is 0 Å². The topological polar surface area (TPSA) is 0 Å². The van der Waals surface area contributed by atoms with Crippen LogP contribution in [0.2, 0.25) is 0 Å². The van der Waals surface area contributed by atoms with E-state index in [1.54, 1.807) is 14.4 Å². The van der Waals surface area contributed by atoms with Crippen molar-refractivity contribution in [2.24, 2.45) is 0 Å². The van der Waals surface area contributed by atoms with Gasteiger partial charge in [0, 0.05) is 0 Å². The third kappa shape index (κ3) is 4.90. The van der Waals surface area contributed by atoms with Crippen LogP contribution in [0.1, 0.15) is 46.9 Å². The van der Waals surface area contributed by atoms with Gasteiger partial charge < -0.3 is 24.8 Å². The van der Waals surface area contributed by atoms with Crippen molar-refractivity contribution in [3.05, 3.63) is 130 Å². The summed E-state index contributed by atoms with van der Waals surface area (Å²) in [7, 11) is 0. The number of allylic oxidation sites excluding steroid dienone is 4. The third-order valence-corrected chi connectivity index (χ3v) is 16.9. The summed E-state index contributed by atoms with van der Waals surface area (Å²) >= 11 is -2.09. The van der Waals surface area contributed by atoms with Gasteiger partial charge in [-0.15, -0.1) is 0 Å². The summed E-state index contributed by atoms with van der Waals surface area (Å²) in [6.45, 7) is 0. The minimum Gasteiger partial charge on any atom is -1.00 e. The normalized spacial score (nSPS) is 15.1. The maximum Gasteiger partial charge on any atom is -1.00 e. The Labute approximate surface area is 246 Å². The predicted octanol–water partition coefficient (Wildman–Crippen LogP) is 3.31. The van der Waals surface area contributed by atoms with Crippen molar-refractivity contribution in [2.75, 3.05) is 0 Å². The van der Waals surface area contributed by atoms with Crippen molar-refractivity contribution < 1.29 is 46.1 Å². The van der Waals surface area contributed by atoms with E-state index >= 15 is 0 Å². The molecule has 0 saturated heterocycles. The van der Waals surface area contributed by atoms with Gasteiger partial charge in [0.15, 0.2) is 0 Å². The molecule has 1 saturated carbocycles. The third-order valence-electron chi connectivity index (χ3n) is 8.23. The number of rotatable bonds is 4. The average molecular weight is 613 g/mol. The van der Waals surface area contributed by atoms with Crippen LogP contribution in [-0.4, -0.2) is 3.21 Å². The first kappa shape index (κ1) is 27.3. The molecule has 0 N–H and O–H groups in total. The zero-order valence-corrected chi connectivity index (χ0v) is 25.3. The van der Waals surface area contributed by atoms with Crippen LogP contribution in [0.15, 0.2) is 119 Å². The van der Waals surface area contributed by atoms with Crippen molar-refractivity contribution in [2.45, 2.75) is 35.7 Å². The molecular formula is C35H30Cl2Zr. The molecular weight excluding hydrogens is 583 g/mol. The standard InChI is InChI=1S/C25H17.C5H8.C5H5.2ClH.Zr/c1-3-7-18(8-4-1)20-11-13-22-15-23-14-12-21(17-25(23)24(22)16-20)19-9-5-2-6-10-19;2*1-2-4-5-3-1;;;/h1-17H;1-4H2;1-3H,4H2;2*1H;/q;;;;;+2/p-2. The quantitative estimate of drug-likeness (QED) is 0.332. The van der Waals surface area contributed by atoms with Crippen LogP contribution in [0.25, 0.3) is 33.4 Å². The van der Waals surface area contributed by atoms with E-state index in [9.17, 15) is 0 Å². The molecule has 38 heavy (non-hydrogen) atoms. The van der Waals surface area contributed by atoms with E-state index < -0.39 is 21.3 Å². The van der Waals surface area contributed by atoms with Crippen molar-refractivity contribution >= 4 is 3.21 Å². The molecule has 3 aliphatic carbocycles. The Morgan fingerprint density at radius 3 is 1.58 bits per heavy atom. The minimum atomic E-state index is -2.09. The van der Waals surface area contributed by atoms with Gasteiger partial charge in [0.1, 0.15) is 0 Å². The summed E-state index contributed by atoms with van der Waals surface area (Å²) < 4.78 is 4.37. The Morgan fingerprint density at radius 2 is 1.11 bits per heavy atom. The van der Waals surface area contributed by atoms with Crippen LogP contribution in [-0.2, 0) is 21.3 Å². The van der Waals surface area contributed by atoms with E-state index in [4.69, 9.17) is 0 Å². The SMILES string of the molecule is C1=CC[C]([Zr+2](=[C]2CCCC2)[CH]2c3ccc(-c4ccccc4)cc3-c3cc(-c4ccccc4)ccc32)=C1.[Cl-].[Cl-]. The molecule has 0 aliphatic heterocycles. The molecule has 3 heteroatoms. The van der Waals surface area contributed by atoms with Crippen LogP contribution < -0.4 is 24.8 Å². The Hall–Kier alpha value is -2.31. The van der Waals surface area contributed by atoms with E-state index in [-0.39, 0.29) is 24.8 Å². The second-order valence-corrected chi connectivity index (χ2v) is 17.1. The number of fused-ring (bicyclic) bond motifs is 3. The zero-order valence-electron chi connectivity index (χ0n) is 21.3. The molecule has 4 aromatic carbocycles. The molecule has 188 valence electrons. The molecule has 0 amide bonds. The molecule has 0 atom stereocenters. The first-order valence-electron chi connectivity index (χ1n) is 13.3. The largest absolute Gasteiger partial charge is 1.00 e. The minimum absolute atomic E-state index is 0. The molecule has 0 bridgehead atoms. The summed E-state index contributed by atoms with van der Waals surface area (Å²) in [6.07, 6.45) is 13.9. The Morgan fingerprint density at radius 1 is 0.579 bits per heavy atom. The van der Waals surface area contributed by atoms with Gasteiger partial charge in [-0.1, -0.05) is 0 Å². The van der Waals surface area contributed by atoms with Crippen LogP contribution in [0, 0.1) is 0 Å². The van der Waals surface area contributed by atoms with E-state index in [1.165, 1.54) is 65.5 Å². The first-order chi connectivity index (χ1) is 17.9. The summed E-state index contributed by atoms with van der Waals surface area (Å²) in [5.41, 5.74) is 11.4. The molecule has 0 aromatic heterocycles. The van der Waals surface area contributed by atoms with Gasteiger partial charge in [0.25, 0.3) is 0 Å². The van der Waals surface area contributed by atoms with E-state index in [1.807, 2.05) is 3.21 Å². The fourth-order valence-corrected chi connectivity index (χ4v) is 16.0. The molecule has 0 unspecified atom stereocenters. The maximum atomic E-state index is 2.49. The second kappa shape index (κ2) is 11.8. The predicted molar refractivity (Wildman–Crippen MR) is 150 cm³/mol. The molecule has 0 nitrogen and oxygen atoms in total. The van der Waals surface area contributed by atoms with Gasteiger partial charge in [-0.2, -0.15) is 0 Å². The van der Waals surface area contributed by atoms with Crippen molar-refractivity contribution in [1.29, 1.82) is 0 Å². The number of benzene rings is 4. The van der Waals surface area contributed by atoms with Crippen LogP contribution in [0.5, 0.6) is 0 Å². The smallest absolute Gasteiger partial charge is 1.00 e. The first-order valence-corrected chi connectivity index (χ1v) is 17.2. The molecule has 7 rings (SSSR count). The average Bonchev–Trinajstić information content (AvgIpc) is 3.72. The van der Waals surface area contributed by atoms with Crippen LogP contribution >= 0.6 is 0 Å². The summed E-state index contributed by atoms with van der Waals surface area (Å²) in [6, 6.07) is 36.5. The second-order valence-electron chi connectivity index (χ2n) is 10.3. The van der Waals surface area contributed by atoms with Gasteiger partial charge in [0.05, 0.1) is 0 Å². The zero-order chi connectivity index (χ0) is 23.9. The van der Waals surface area contributed by atoms with Crippen LogP contribution in [0.3, 0.4) is 0 Å². The van der Waals surface area contributed by atoms with Gasteiger partial charge in [-0.25, -0.2) is 0 Å². The number of hydrogen-bond acceptors (Lipinski definition) is 0. The molecule has 3 aliphatic rings. The maximum absolute atomic E-state index is 2.49. The Balaban J connectivity index is 0.00000147. The van der Waals surface area contributed by atoms with Crippen molar-refractivity contribution in [1.82, 2.24) is 0 Å². The summed E-state index contributed by atoms with van der Waals surface area (Å²) in [5.74, 6) is 0. The Bertz CT molecular complexity index is 1450. The number of hydrogen-bond donors (Lipinski definition) is 0. The van der Waals surface area contributed by atoms with E-state index in [0.29, 0.717) is 3.63 Å². The molecule has 0 spiro atoms. The molecule has 4 aromatic rings.